The van der Waals surface area contributed by atoms with Crippen molar-refractivity contribution in [1.82, 2.24) is 0 Å². The zero-order chi connectivity index (χ0) is 8.85. The zero-order valence-corrected chi connectivity index (χ0v) is 7.69. The minimum atomic E-state index is 0.547. The first-order chi connectivity index (χ1) is 5.09. The van der Waals surface area contributed by atoms with E-state index in [0.29, 0.717) is 5.92 Å². The van der Waals surface area contributed by atoms with Crippen molar-refractivity contribution in [2.24, 2.45) is 5.92 Å². The molecule has 1 atom stereocenters. The van der Waals surface area contributed by atoms with Gasteiger partial charge in [0, 0.05) is 0 Å². The molecule has 0 aromatic heterocycles. The van der Waals surface area contributed by atoms with Gasteiger partial charge in [-0.2, -0.15) is 0 Å². The second kappa shape index (κ2) is 4.95. The van der Waals surface area contributed by atoms with Crippen LogP contribution in [0.15, 0.2) is 37.0 Å². The van der Waals surface area contributed by atoms with Gasteiger partial charge in [-0.15, -0.1) is 6.58 Å². The summed E-state index contributed by atoms with van der Waals surface area (Å²) in [6.07, 6.45) is 4.14. The van der Waals surface area contributed by atoms with Crippen molar-refractivity contribution in [3.8, 4) is 0 Å². The monoisotopic (exact) mass is 150 g/mol. The molecule has 0 aliphatic rings. The molecular formula is C11H18. The van der Waals surface area contributed by atoms with Gasteiger partial charge in [0.05, 0.1) is 0 Å². The summed E-state index contributed by atoms with van der Waals surface area (Å²) in [6, 6.07) is 0. The SMILES string of the molecule is C=CCCC(C)C(=C)C(=C)C. The molecule has 0 heteroatoms. The molecule has 0 fully saturated rings. The van der Waals surface area contributed by atoms with Gasteiger partial charge in [0.2, 0.25) is 0 Å². The first-order valence-electron chi connectivity index (χ1n) is 4.05. The first kappa shape index (κ1) is 10.2. The van der Waals surface area contributed by atoms with Crippen LogP contribution in [0.25, 0.3) is 0 Å². The lowest BCUT2D eigenvalue weighted by molar-refractivity contribution is 0.630. The van der Waals surface area contributed by atoms with E-state index in [-0.39, 0.29) is 0 Å². The van der Waals surface area contributed by atoms with E-state index in [4.69, 9.17) is 0 Å². The van der Waals surface area contributed by atoms with Crippen LogP contribution in [0, 0.1) is 5.92 Å². The average molecular weight is 150 g/mol. The van der Waals surface area contributed by atoms with Crippen molar-refractivity contribution in [1.29, 1.82) is 0 Å². The molecule has 0 N–H and O–H groups in total. The van der Waals surface area contributed by atoms with Gasteiger partial charge in [-0.1, -0.05) is 37.3 Å². The number of allylic oxidation sites excluding steroid dienone is 3. The maximum Gasteiger partial charge on any atom is -0.0191 e. The standard InChI is InChI=1S/C11H18/c1-6-7-8-10(4)11(5)9(2)3/h6,10H,1-2,5,7-8H2,3-4H3. The predicted molar refractivity (Wildman–Crippen MR) is 52.5 cm³/mol. The highest BCUT2D eigenvalue weighted by atomic mass is 14.1. The average Bonchev–Trinajstić information content (AvgIpc) is 1.98. The lowest BCUT2D eigenvalue weighted by Crippen LogP contribution is -1.98. The lowest BCUT2D eigenvalue weighted by atomic mass is 9.93. The molecule has 0 rings (SSSR count). The Labute approximate surface area is 70.3 Å². The van der Waals surface area contributed by atoms with Crippen LogP contribution < -0.4 is 0 Å². The quantitative estimate of drug-likeness (QED) is 0.414. The van der Waals surface area contributed by atoms with Crippen molar-refractivity contribution in [2.75, 3.05) is 0 Å². The first-order valence-corrected chi connectivity index (χ1v) is 4.05. The molecule has 0 spiro atoms. The third kappa shape index (κ3) is 3.82. The Hall–Kier alpha value is -0.780. The Kier molecular flexibility index (Phi) is 4.60. The van der Waals surface area contributed by atoms with Crippen molar-refractivity contribution in [3.05, 3.63) is 37.0 Å². The van der Waals surface area contributed by atoms with E-state index in [1.165, 1.54) is 5.57 Å². The third-order valence-corrected chi connectivity index (χ3v) is 1.95. The van der Waals surface area contributed by atoms with Crippen LogP contribution in [-0.2, 0) is 0 Å². The molecule has 0 radical (unpaired) electrons. The maximum absolute atomic E-state index is 3.97. The number of hydrogen-bond acceptors (Lipinski definition) is 0. The molecule has 0 aromatic rings. The van der Waals surface area contributed by atoms with E-state index in [9.17, 15) is 0 Å². The Balaban J connectivity index is 3.82. The van der Waals surface area contributed by atoms with Gasteiger partial charge in [0.1, 0.15) is 0 Å². The van der Waals surface area contributed by atoms with Gasteiger partial charge in [-0.25, -0.2) is 0 Å². The third-order valence-electron chi connectivity index (χ3n) is 1.95. The number of hydrogen-bond donors (Lipinski definition) is 0. The highest BCUT2D eigenvalue weighted by Gasteiger charge is 2.04. The van der Waals surface area contributed by atoms with Crippen LogP contribution in [0.4, 0.5) is 0 Å². The Bertz CT molecular complexity index is 163. The molecule has 0 aliphatic carbocycles. The molecule has 0 heterocycles. The second-order valence-electron chi connectivity index (χ2n) is 3.07. The summed E-state index contributed by atoms with van der Waals surface area (Å²) in [6.45, 7) is 15.7. The van der Waals surface area contributed by atoms with Crippen LogP contribution in [0.3, 0.4) is 0 Å². The van der Waals surface area contributed by atoms with Gasteiger partial charge >= 0.3 is 0 Å². The second-order valence-corrected chi connectivity index (χ2v) is 3.07. The van der Waals surface area contributed by atoms with Gasteiger partial charge < -0.3 is 0 Å². The number of rotatable bonds is 5. The fourth-order valence-electron chi connectivity index (χ4n) is 0.963. The molecule has 1 unspecified atom stereocenters. The Morgan fingerprint density at radius 3 is 2.36 bits per heavy atom. The van der Waals surface area contributed by atoms with E-state index < -0.39 is 0 Å². The van der Waals surface area contributed by atoms with Crippen LogP contribution in [0.2, 0.25) is 0 Å². The topological polar surface area (TPSA) is 0 Å². The minimum absolute atomic E-state index is 0.547. The molecule has 0 saturated carbocycles. The van der Waals surface area contributed by atoms with Crippen LogP contribution in [0.1, 0.15) is 26.7 Å². The largest absolute Gasteiger partial charge is 0.103 e. The fraction of sp³-hybridized carbons (Fsp3) is 0.455. The molecule has 0 bridgehead atoms. The van der Waals surface area contributed by atoms with Gasteiger partial charge in [-0.3, -0.25) is 0 Å². The molecule has 11 heavy (non-hydrogen) atoms. The summed E-state index contributed by atoms with van der Waals surface area (Å²) in [4.78, 5) is 0. The highest BCUT2D eigenvalue weighted by Crippen LogP contribution is 2.20. The van der Waals surface area contributed by atoms with Crippen LogP contribution >= 0.6 is 0 Å². The summed E-state index contributed by atoms with van der Waals surface area (Å²) in [5.41, 5.74) is 2.27. The normalized spacial score (nSPS) is 12.2. The molecule has 0 aromatic carbocycles. The zero-order valence-electron chi connectivity index (χ0n) is 7.69. The van der Waals surface area contributed by atoms with Crippen molar-refractivity contribution < 1.29 is 0 Å². The summed E-state index contributed by atoms with van der Waals surface area (Å²) in [5.74, 6) is 0.547. The molecule has 0 aliphatic heterocycles. The molecule has 0 nitrogen and oxygen atoms in total. The minimum Gasteiger partial charge on any atom is -0.103 e. The van der Waals surface area contributed by atoms with Gasteiger partial charge in [-0.05, 0) is 25.7 Å². The molecular weight excluding hydrogens is 132 g/mol. The van der Waals surface area contributed by atoms with Crippen molar-refractivity contribution in [3.63, 3.8) is 0 Å². The summed E-state index contributed by atoms with van der Waals surface area (Å²) < 4.78 is 0. The van der Waals surface area contributed by atoms with E-state index in [2.05, 4.69) is 26.7 Å². The Morgan fingerprint density at radius 2 is 2.00 bits per heavy atom. The van der Waals surface area contributed by atoms with Gasteiger partial charge in [0.25, 0.3) is 0 Å². The molecule has 0 amide bonds. The van der Waals surface area contributed by atoms with Crippen molar-refractivity contribution >= 4 is 0 Å². The van der Waals surface area contributed by atoms with Crippen LogP contribution in [0.5, 0.6) is 0 Å². The van der Waals surface area contributed by atoms with E-state index >= 15 is 0 Å². The summed E-state index contributed by atoms with van der Waals surface area (Å²) in [5, 5.41) is 0. The van der Waals surface area contributed by atoms with E-state index in [1.54, 1.807) is 0 Å². The summed E-state index contributed by atoms with van der Waals surface area (Å²) >= 11 is 0. The molecule has 62 valence electrons. The van der Waals surface area contributed by atoms with Crippen molar-refractivity contribution in [2.45, 2.75) is 26.7 Å². The van der Waals surface area contributed by atoms with Gasteiger partial charge in [0.15, 0.2) is 0 Å². The van der Waals surface area contributed by atoms with Crippen LogP contribution in [-0.4, -0.2) is 0 Å². The fourth-order valence-corrected chi connectivity index (χ4v) is 0.963. The van der Waals surface area contributed by atoms with E-state index in [1.807, 2.05) is 13.0 Å². The van der Waals surface area contributed by atoms with E-state index in [0.717, 1.165) is 18.4 Å². The maximum atomic E-state index is 3.97. The Morgan fingerprint density at radius 1 is 1.45 bits per heavy atom. The molecule has 0 saturated heterocycles. The summed E-state index contributed by atoms with van der Waals surface area (Å²) in [7, 11) is 0. The smallest absolute Gasteiger partial charge is 0.0191 e. The predicted octanol–water partition coefficient (Wildman–Crippen LogP) is 3.72. The lowest BCUT2D eigenvalue weighted by Gasteiger charge is -2.12. The highest BCUT2D eigenvalue weighted by molar-refractivity contribution is 5.24.